The van der Waals surface area contributed by atoms with Crippen LogP contribution in [0, 0.1) is 13.8 Å². The molecule has 0 bridgehead atoms. The molecule has 0 N–H and O–H groups in total. The summed E-state index contributed by atoms with van der Waals surface area (Å²) < 4.78 is 0. The summed E-state index contributed by atoms with van der Waals surface area (Å²) in [4.78, 5) is 4.04. The van der Waals surface area contributed by atoms with E-state index in [1.54, 1.807) is 0 Å². The van der Waals surface area contributed by atoms with E-state index < -0.39 is 0 Å². The van der Waals surface area contributed by atoms with E-state index >= 15 is 0 Å². The van der Waals surface area contributed by atoms with Crippen LogP contribution in [0.25, 0.3) is 0 Å². The molecule has 0 spiro atoms. The first-order chi connectivity index (χ1) is 3.79. The second-order valence-electron chi connectivity index (χ2n) is 1.97. The largest absolute Gasteiger partial charge is 0.262 e. The maximum Gasteiger partial charge on any atom is 0.0375 e. The average Bonchev–Trinajstić information content (AvgIpc) is 1.64. The summed E-state index contributed by atoms with van der Waals surface area (Å²) in [6.45, 7) is 4.06. The summed E-state index contributed by atoms with van der Waals surface area (Å²) in [7, 11) is 0. The summed E-state index contributed by atoms with van der Waals surface area (Å²) in [6.07, 6.45) is 1.82. The Morgan fingerprint density at radius 3 is 2.33 bits per heavy atom. The van der Waals surface area contributed by atoms with E-state index in [2.05, 4.69) is 18.0 Å². The van der Waals surface area contributed by atoms with Gasteiger partial charge in [-0.05, 0) is 31.5 Å². The smallest absolute Gasteiger partial charge is 0.0375 e. The van der Waals surface area contributed by atoms with Crippen molar-refractivity contribution in [2.24, 2.45) is 0 Å². The second-order valence-corrected chi connectivity index (χ2v) is 1.97. The predicted molar refractivity (Wildman–Crippen MR) is 39.5 cm³/mol. The van der Waals surface area contributed by atoms with Gasteiger partial charge in [0.2, 0.25) is 0 Å². The first-order valence-electron chi connectivity index (χ1n) is 2.68. The minimum absolute atomic E-state index is 0. The molecule has 0 aliphatic carbocycles. The van der Waals surface area contributed by atoms with Gasteiger partial charge in [0, 0.05) is 20.3 Å². The molecule has 0 saturated heterocycles. The topological polar surface area (TPSA) is 12.9 Å². The first kappa shape index (κ1) is 8.21. The number of aromatic nitrogens is 1. The Morgan fingerprint density at radius 1 is 1.33 bits per heavy atom. The summed E-state index contributed by atoms with van der Waals surface area (Å²) in [6, 6.07) is 4.05. The van der Waals surface area contributed by atoms with Gasteiger partial charge in [0.25, 0.3) is 0 Å². The molecule has 0 amide bonds. The van der Waals surface area contributed by atoms with E-state index in [-0.39, 0.29) is 8.41 Å². The third-order valence-electron chi connectivity index (χ3n) is 1.05. The van der Waals surface area contributed by atoms with Crippen LogP contribution in [0.5, 0.6) is 0 Å². The lowest BCUT2D eigenvalue weighted by Gasteiger charge is -1.90. The molecule has 0 fully saturated rings. The van der Waals surface area contributed by atoms with Gasteiger partial charge in [-0.25, -0.2) is 0 Å². The molecule has 1 heterocycles. The summed E-state index contributed by atoms with van der Waals surface area (Å²) in [5.41, 5.74) is 2.36. The number of hydrogen-bond donors (Lipinski definition) is 0. The van der Waals surface area contributed by atoms with E-state index in [9.17, 15) is 0 Å². The summed E-state index contributed by atoms with van der Waals surface area (Å²) in [5.74, 6) is 0. The van der Waals surface area contributed by atoms with Crippen molar-refractivity contribution >= 4 is 8.41 Å². The van der Waals surface area contributed by atoms with Crippen LogP contribution in [-0.2, 0) is 0 Å². The molecule has 0 aromatic carbocycles. The Balaban J connectivity index is 0.000000640. The van der Waals surface area contributed by atoms with Crippen molar-refractivity contribution in [3.05, 3.63) is 29.6 Å². The first-order valence-corrected chi connectivity index (χ1v) is 2.68. The van der Waals surface area contributed by atoms with Gasteiger partial charge < -0.3 is 0 Å². The molecule has 1 nitrogen and oxygen atoms in total. The van der Waals surface area contributed by atoms with Gasteiger partial charge in [-0.2, -0.15) is 0 Å². The molecule has 2 heteroatoms. The summed E-state index contributed by atoms with van der Waals surface area (Å²) >= 11 is 0. The lowest BCUT2D eigenvalue weighted by molar-refractivity contribution is 1.18. The highest BCUT2D eigenvalue weighted by Gasteiger charge is 1.82. The molecule has 3 radical (unpaired) electrons. The molecule has 45 valence electrons. The van der Waals surface area contributed by atoms with Crippen LogP contribution in [0.2, 0.25) is 0 Å². The molecule has 1 aromatic rings. The van der Waals surface area contributed by atoms with Crippen LogP contribution in [-0.4, -0.2) is 13.4 Å². The predicted octanol–water partition coefficient (Wildman–Crippen LogP) is 1.32. The Hall–Kier alpha value is -0.785. The molecule has 1 rings (SSSR count). The van der Waals surface area contributed by atoms with E-state index in [0.29, 0.717) is 0 Å². The van der Waals surface area contributed by atoms with E-state index in [0.717, 1.165) is 5.69 Å². The Morgan fingerprint density at radius 2 is 2.00 bits per heavy atom. The van der Waals surface area contributed by atoms with Gasteiger partial charge in [-0.15, -0.1) is 0 Å². The number of nitrogens with zero attached hydrogens (tertiary/aromatic N) is 1. The highest BCUT2D eigenvalue weighted by molar-refractivity contribution is 5.75. The highest BCUT2D eigenvalue weighted by Crippen LogP contribution is 1.95. The molecular weight excluding hydrogens is 109 g/mol. The van der Waals surface area contributed by atoms with Crippen molar-refractivity contribution in [2.75, 3.05) is 0 Å². The minimum atomic E-state index is 0. The molecule has 0 atom stereocenters. The van der Waals surface area contributed by atoms with E-state index in [4.69, 9.17) is 0 Å². The molecule has 1 aromatic heterocycles. The molecule has 0 unspecified atom stereocenters. The molecule has 0 aliphatic rings. The fourth-order valence-electron chi connectivity index (χ4n) is 0.687. The summed E-state index contributed by atoms with van der Waals surface area (Å²) in [5, 5.41) is 0. The van der Waals surface area contributed by atoms with Crippen LogP contribution in [0.15, 0.2) is 18.3 Å². The fraction of sp³-hybridized carbons (Fsp3) is 0.286. The zero-order valence-electron chi connectivity index (χ0n) is 5.76. The van der Waals surface area contributed by atoms with Crippen LogP contribution >= 0.6 is 0 Å². The highest BCUT2D eigenvalue weighted by atomic mass is 14.6. The molecule has 9 heavy (non-hydrogen) atoms. The zero-order valence-corrected chi connectivity index (χ0v) is 5.76. The Kier molecular flexibility index (Phi) is 3.00. The van der Waals surface area contributed by atoms with Gasteiger partial charge in [-0.1, -0.05) is 0 Å². The second kappa shape index (κ2) is 3.28. The van der Waals surface area contributed by atoms with Crippen LogP contribution < -0.4 is 0 Å². The molecule has 0 aliphatic heterocycles. The Bertz CT molecular complexity index is 169. The Labute approximate surface area is 57.7 Å². The van der Waals surface area contributed by atoms with Gasteiger partial charge in [0.15, 0.2) is 0 Å². The zero-order chi connectivity index (χ0) is 5.98. The quantitative estimate of drug-likeness (QED) is 0.468. The molecular formula is C7H9BN. The average molecular weight is 118 g/mol. The van der Waals surface area contributed by atoms with Crippen molar-refractivity contribution in [1.82, 2.24) is 4.98 Å². The number of hydrogen-bond acceptors (Lipinski definition) is 1. The third kappa shape index (κ3) is 2.31. The lowest BCUT2D eigenvalue weighted by atomic mass is 10.3. The number of rotatable bonds is 0. The van der Waals surface area contributed by atoms with Crippen molar-refractivity contribution in [3.8, 4) is 0 Å². The van der Waals surface area contributed by atoms with Crippen molar-refractivity contribution in [2.45, 2.75) is 13.8 Å². The van der Waals surface area contributed by atoms with Gasteiger partial charge in [-0.3, -0.25) is 4.98 Å². The van der Waals surface area contributed by atoms with Crippen LogP contribution in [0.3, 0.4) is 0 Å². The van der Waals surface area contributed by atoms with E-state index in [1.165, 1.54) is 5.56 Å². The SMILES string of the molecule is Cc1ccnc(C)c1.[B]. The molecule has 0 saturated carbocycles. The maximum absolute atomic E-state index is 4.04. The van der Waals surface area contributed by atoms with Crippen molar-refractivity contribution < 1.29 is 0 Å². The van der Waals surface area contributed by atoms with Gasteiger partial charge in [0.05, 0.1) is 0 Å². The lowest BCUT2D eigenvalue weighted by Crippen LogP contribution is -1.78. The minimum Gasteiger partial charge on any atom is -0.262 e. The normalized spacial score (nSPS) is 8.22. The van der Waals surface area contributed by atoms with Crippen molar-refractivity contribution in [3.63, 3.8) is 0 Å². The standard InChI is InChI=1S/C7H9N.B/c1-6-3-4-8-7(2)5-6;/h3-5H,1-2H3;. The van der Waals surface area contributed by atoms with Crippen LogP contribution in [0.1, 0.15) is 11.3 Å². The van der Waals surface area contributed by atoms with E-state index in [1.807, 2.05) is 19.2 Å². The van der Waals surface area contributed by atoms with Gasteiger partial charge >= 0.3 is 0 Å². The van der Waals surface area contributed by atoms with Crippen LogP contribution in [0.4, 0.5) is 0 Å². The maximum atomic E-state index is 4.04. The number of aryl methyl sites for hydroxylation is 2. The third-order valence-corrected chi connectivity index (χ3v) is 1.05. The number of pyridine rings is 1. The fourth-order valence-corrected chi connectivity index (χ4v) is 0.687. The van der Waals surface area contributed by atoms with Crippen molar-refractivity contribution in [1.29, 1.82) is 0 Å². The monoisotopic (exact) mass is 118 g/mol. The van der Waals surface area contributed by atoms with Gasteiger partial charge in [0.1, 0.15) is 0 Å².